The first-order chi connectivity index (χ1) is 14.4. The van der Waals surface area contributed by atoms with Gasteiger partial charge >= 0.3 is 0 Å². The minimum Gasteiger partial charge on any atom is -0.304 e. The molecule has 4 rings (SSSR count). The number of nitro benzene ring substituents is 1. The van der Waals surface area contributed by atoms with Crippen molar-refractivity contribution in [3.05, 3.63) is 91.9 Å². The second kappa shape index (κ2) is 7.55. The Morgan fingerprint density at radius 2 is 1.80 bits per heavy atom. The van der Waals surface area contributed by atoms with Crippen LogP contribution in [0.3, 0.4) is 0 Å². The van der Waals surface area contributed by atoms with Crippen LogP contribution in [0.2, 0.25) is 0 Å². The van der Waals surface area contributed by atoms with Crippen LogP contribution in [0.15, 0.2) is 59.4 Å². The number of rotatable bonds is 3. The van der Waals surface area contributed by atoms with Crippen molar-refractivity contribution in [1.82, 2.24) is 9.78 Å². The predicted octanol–water partition coefficient (Wildman–Crippen LogP) is 3.43. The monoisotopic (exact) mass is 404 g/mol. The number of fused-ring (bicyclic) bond motifs is 1. The molecule has 0 saturated carbocycles. The Kier molecular flexibility index (Phi) is 4.91. The lowest BCUT2D eigenvalue weighted by atomic mass is 9.96. The minimum atomic E-state index is -0.515. The quantitative estimate of drug-likeness (QED) is 0.492. The Bertz CT molecular complexity index is 1220. The molecular weight excluding hydrogens is 384 g/mol. The van der Waals surface area contributed by atoms with E-state index in [9.17, 15) is 19.7 Å². The summed E-state index contributed by atoms with van der Waals surface area (Å²) in [7, 11) is 0. The Hall–Kier alpha value is -3.81. The highest BCUT2D eigenvalue weighted by atomic mass is 16.6. The molecule has 30 heavy (non-hydrogen) atoms. The number of hydrogen-bond donors (Lipinski definition) is 0. The van der Waals surface area contributed by atoms with Crippen molar-refractivity contribution in [1.29, 1.82) is 0 Å². The van der Waals surface area contributed by atoms with E-state index in [-0.39, 0.29) is 23.1 Å². The van der Waals surface area contributed by atoms with Crippen molar-refractivity contribution in [2.24, 2.45) is 0 Å². The summed E-state index contributed by atoms with van der Waals surface area (Å²) >= 11 is 0. The van der Waals surface area contributed by atoms with Crippen molar-refractivity contribution >= 4 is 17.3 Å². The van der Waals surface area contributed by atoms with Crippen LogP contribution in [-0.2, 0) is 6.42 Å². The maximum atomic E-state index is 13.4. The number of aromatic nitrogens is 2. The minimum absolute atomic E-state index is 0.102. The van der Waals surface area contributed by atoms with Gasteiger partial charge in [-0.05, 0) is 44.4 Å². The van der Waals surface area contributed by atoms with E-state index in [1.54, 1.807) is 24.0 Å². The number of benzene rings is 2. The lowest BCUT2D eigenvalue weighted by molar-refractivity contribution is -0.384. The van der Waals surface area contributed by atoms with Crippen molar-refractivity contribution in [2.75, 3.05) is 4.90 Å². The van der Waals surface area contributed by atoms with Gasteiger partial charge in [-0.25, -0.2) is 4.68 Å². The molecule has 1 atom stereocenters. The summed E-state index contributed by atoms with van der Waals surface area (Å²) in [5.41, 5.74) is 1.46. The number of hydrogen-bond acceptors (Lipinski definition) is 5. The van der Waals surface area contributed by atoms with Crippen LogP contribution < -0.4 is 10.3 Å². The molecule has 0 bridgehead atoms. The molecule has 1 amide bonds. The number of nitrogens with zero attached hydrogens (tertiary/aromatic N) is 4. The first-order valence-electron chi connectivity index (χ1n) is 9.64. The van der Waals surface area contributed by atoms with Crippen LogP contribution >= 0.6 is 0 Å². The van der Waals surface area contributed by atoms with Crippen LogP contribution in [-0.4, -0.2) is 26.7 Å². The molecule has 1 aromatic heterocycles. The lowest BCUT2D eigenvalue weighted by Crippen LogP contribution is -2.44. The van der Waals surface area contributed by atoms with Crippen molar-refractivity contribution in [2.45, 2.75) is 32.7 Å². The highest BCUT2D eigenvalue weighted by Gasteiger charge is 2.31. The molecular formula is C22H20N4O4. The number of carbonyl (C=O) groups excluding carboxylic acids is 1. The summed E-state index contributed by atoms with van der Waals surface area (Å²) in [6.07, 6.45) is 1.62. The number of anilines is 1. The molecule has 0 N–H and O–H groups in total. The van der Waals surface area contributed by atoms with E-state index in [0.717, 1.165) is 24.1 Å². The van der Waals surface area contributed by atoms with Gasteiger partial charge in [0.05, 0.1) is 4.92 Å². The van der Waals surface area contributed by atoms with Crippen LogP contribution in [0, 0.1) is 17.0 Å². The number of amides is 1. The molecule has 0 aliphatic carbocycles. The zero-order chi connectivity index (χ0) is 21.4. The summed E-state index contributed by atoms with van der Waals surface area (Å²) in [6, 6.07) is 14.9. The average molecular weight is 404 g/mol. The SMILES string of the molecule is Cc1cc(=O)c(C(=O)N2c3ccccc3CCC2C)nn1-c1ccccc1[N+](=O)[O-]. The number of para-hydroxylation sites is 3. The maximum absolute atomic E-state index is 13.4. The van der Waals surface area contributed by atoms with Gasteiger partial charge in [0.15, 0.2) is 5.69 Å². The first-order valence-corrected chi connectivity index (χ1v) is 9.64. The Morgan fingerprint density at radius 3 is 2.53 bits per heavy atom. The Balaban J connectivity index is 1.86. The normalized spacial score (nSPS) is 15.5. The molecule has 0 saturated heterocycles. The molecule has 0 spiro atoms. The molecule has 8 nitrogen and oxygen atoms in total. The summed E-state index contributed by atoms with van der Waals surface area (Å²) in [5, 5.41) is 15.7. The standard InChI is InChI=1S/C22H20N4O4/c1-14-11-12-16-7-3-4-8-17(16)24(14)22(28)21-20(27)13-15(2)25(23-21)18-9-5-6-10-19(18)26(29)30/h3-10,13-14H,11-12H2,1-2H3. The van der Waals surface area contributed by atoms with Gasteiger partial charge in [0.2, 0.25) is 5.43 Å². The molecule has 3 aromatic rings. The van der Waals surface area contributed by atoms with Crippen molar-refractivity contribution in [3.8, 4) is 5.69 Å². The summed E-state index contributed by atoms with van der Waals surface area (Å²) < 4.78 is 1.29. The second-order valence-corrected chi connectivity index (χ2v) is 7.35. The van der Waals surface area contributed by atoms with E-state index in [0.29, 0.717) is 5.69 Å². The fraction of sp³-hybridized carbons (Fsp3) is 0.227. The van der Waals surface area contributed by atoms with E-state index in [1.807, 2.05) is 31.2 Å². The van der Waals surface area contributed by atoms with Crippen molar-refractivity contribution in [3.63, 3.8) is 0 Å². The maximum Gasteiger partial charge on any atom is 0.294 e. The van der Waals surface area contributed by atoms with Crippen LogP contribution in [0.25, 0.3) is 5.69 Å². The van der Waals surface area contributed by atoms with E-state index in [2.05, 4.69) is 5.10 Å². The molecule has 152 valence electrons. The Morgan fingerprint density at radius 1 is 1.13 bits per heavy atom. The molecule has 2 aromatic carbocycles. The van der Waals surface area contributed by atoms with Crippen molar-refractivity contribution < 1.29 is 9.72 Å². The fourth-order valence-corrected chi connectivity index (χ4v) is 3.85. The van der Waals surface area contributed by atoms with Gasteiger partial charge in [-0.3, -0.25) is 19.7 Å². The Labute approximate surface area is 172 Å². The van der Waals surface area contributed by atoms with Gasteiger partial charge in [0, 0.05) is 29.6 Å². The van der Waals surface area contributed by atoms with Crippen LogP contribution in [0.4, 0.5) is 11.4 Å². The van der Waals surface area contributed by atoms with Crippen LogP contribution in [0.5, 0.6) is 0 Å². The van der Waals surface area contributed by atoms with Gasteiger partial charge in [0.1, 0.15) is 5.69 Å². The van der Waals surface area contributed by atoms with Crippen LogP contribution in [0.1, 0.15) is 35.1 Å². The molecule has 0 fully saturated rings. The van der Waals surface area contributed by atoms with E-state index >= 15 is 0 Å². The summed E-state index contributed by atoms with van der Waals surface area (Å²) in [4.78, 5) is 38.6. The number of carbonyl (C=O) groups is 1. The predicted molar refractivity (Wildman–Crippen MR) is 112 cm³/mol. The highest BCUT2D eigenvalue weighted by molar-refractivity contribution is 6.05. The third-order valence-corrected chi connectivity index (χ3v) is 5.36. The van der Waals surface area contributed by atoms with Gasteiger partial charge in [-0.2, -0.15) is 5.10 Å². The highest BCUT2D eigenvalue weighted by Crippen LogP contribution is 2.31. The fourth-order valence-electron chi connectivity index (χ4n) is 3.85. The zero-order valence-electron chi connectivity index (χ0n) is 16.6. The van der Waals surface area contributed by atoms with Gasteiger partial charge in [-0.15, -0.1) is 0 Å². The summed E-state index contributed by atoms with van der Waals surface area (Å²) in [6.45, 7) is 3.56. The molecule has 0 radical (unpaired) electrons. The van der Waals surface area contributed by atoms with Gasteiger partial charge in [-0.1, -0.05) is 30.3 Å². The van der Waals surface area contributed by atoms with E-state index in [1.165, 1.54) is 22.9 Å². The van der Waals surface area contributed by atoms with Gasteiger partial charge in [0.25, 0.3) is 11.6 Å². The molecule has 1 aliphatic rings. The third-order valence-electron chi connectivity index (χ3n) is 5.36. The summed E-state index contributed by atoms with van der Waals surface area (Å²) in [5.74, 6) is -0.507. The molecule has 1 aliphatic heterocycles. The molecule has 8 heteroatoms. The van der Waals surface area contributed by atoms with E-state index in [4.69, 9.17) is 0 Å². The third kappa shape index (κ3) is 3.26. The van der Waals surface area contributed by atoms with Gasteiger partial charge < -0.3 is 4.90 Å². The first kappa shape index (κ1) is 19.5. The zero-order valence-corrected chi connectivity index (χ0v) is 16.6. The lowest BCUT2D eigenvalue weighted by Gasteiger charge is -2.35. The molecule has 2 heterocycles. The molecule has 1 unspecified atom stereocenters. The topological polar surface area (TPSA) is 98.3 Å². The largest absolute Gasteiger partial charge is 0.304 e. The second-order valence-electron chi connectivity index (χ2n) is 7.35. The number of nitro groups is 1. The average Bonchev–Trinajstić information content (AvgIpc) is 2.73. The number of aryl methyl sites for hydroxylation is 2. The smallest absolute Gasteiger partial charge is 0.294 e. The van der Waals surface area contributed by atoms with E-state index < -0.39 is 16.3 Å².